The molecule has 0 aromatic heterocycles. The monoisotopic (exact) mass is 557 g/mol. The molecule has 1 aliphatic heterocycles. The molecular weight excluding hydrogens is 543 g/mol. The summed E-state index contributed by atoms with van der Waals surface area (Å²) < 4.78 is 0. The van der Waals surface area contributed by atoms with Crippen molar-refractivity contribution in [3.8, 4) is 0 Å². The van der Waals surface area contributed by atoms with E-state index in [9.17, 15) is 9.59 Å². The Morgan fingerprint density at radius 3 is 1.47 bits per heavy atom. The molecule has 1 aliphatic rings. The molecule has 0 bridgehead atoms. The minimum atomic E-state index is -0.928. The predicted molar refractivity (Wildman–Crippen MR) is 132 cm³/mol. The Balaban J connectivity index is 2.32. The molecule has 0 saturated carbocycles. The van der Waals surface area contributed by atoms with Crippen molar-refractivity contribution in [2.45, 2.75) is 6.29 Å². The Morgan fingerprint density at radius 1 is 0.688 bits per heavy atom. The molecule has 2 aromatic carbocycles. The number of hydrogen-bond acceptors (Lipinski definition) is 4. The van der Waals surface area contributed by atoms with E-state index in [1.165, 1.54) is 39.2 Å². The summed E-state index contributed by atoms with van der Waals surface area (Å²) in [5, 5.41) is 3.64. The molecule has 2 aromatic rings. The topological polar surface area (TPSA) is 50.3 Å². The van der Waals surface area contributed by atoms with Crippen molar-refractivity contribution in [3.63, 3.8) is 0 Å². The first-order chi connectivity index (χ1) is 14.9. The predicted octanol–water partition coefficient (Wildman–Crippen LogP) is 6.80. The maximum absolute atomic E-state index is 13.9. The van der Waals surface area contributed by atoms with Gasteiger partial charge in [0, 0.05) is 24.1 Å². The van der Waals surface area contributed by atoms with E-state index in [0.717, 1.165) is 4.90 Å². The Morgan fingerprint density at radius 2 is 1.09 bits per heavy atom. The lowest BCUT2D eigenvalue weighted by atomic mass is 10.2. The van der Waals surface area contributed by atoms with Gasteiger partial charge >= 0.3 is 12.1 Å². The summed E-state index contributed by atoms with van der Waals surface area (Å²) in [6, 6.07) is 4.21. The lowest BCUT2D eigenvalue weighted by molar-refractivity contribution is -0.0291. The molecular formula is C19H17Cl6N5O2. The Bertz CT molecular complexity index is 1050. The Kier molecular flexibility index (Phi) is 7.64. The molecule has 7 nitrogen and oxygen atoms in total. The maximum Gasteiger partial charge on any atom is 0.350 e. The minimum absolute atomic E-state index is 0.0134. The zero-order chi connectivity index (χ0) is 24.1. The van der Waals surface area contributed by atoms with Gasteiger partial charge in [0.2, 0.25) is 0 Å². The van der Waals surface area contributed by atoms with Crippen LogP contribution in [0.2, 0.25) is 30.1 Å². The number of imide groups is 1. The second-order valence-corrected chi connectivity index (χ2v) is 9.71. The number of carbonyl (C=O) groups is 2. The fourth-order valence-electron chi connectivity index (χ4n) is 3.34. The molecule has 1 saturated heterocycles. The molecule has 3 rings (SSSR count). The number of amides is 4. The maximum atomic E-state index is 13.9. The van der Waals surface area contributed by atoms with Crippen molar-refractivity contribution in [2.24, 2.45) is 0 Å². The fraction of sp³-hybridized carbons (Fsp3) is 0.263. The highest BCUT2D eigenvalue weighted by atomic mass is 35.5. The van der Waals surface area contributed by atoms with Crippen LogP contribution < -0.4 is 9.80 Å². The third-order valence-electron chi connectivity index (χ3n) is 4.55. The summed E-state index contributed by atoms with van der Waals surface area (Å²) in [7, 11) is 6.70. The van der Waals surface area contributed by atoms with Gasteiger partial charge in [-0.3, -0.25) is 9.80 Å². The number of benzene rings is 2. The van der Waals surface area contributed by atoms with Crippen LogP contribution in [0.25, 0.3) is 0 Å². The van der Waals surface area contributed by atoms with Gasteiger partial charge in [0.25, 0.3) is 0 Å². The first-order valence-electron chi connectivity index (χ1n) is 8.96. The van der Waals surface area contributed by atoms with Gasteiger partial charge < -0.3 is 0 Å². The van der Waals surface area contributed by atoms with E-state index in [1.54, 1.807) is 33.1 Å². The molecule has 1 unspecified atom stereocenters. The van der Waals surface area contributed by atoms with Gasteiger partial charge in [0.05, 0.1) is 31.5 Å². The van der Waals surface area contributed by atoms with Gasteiger partial charge in [-0.1, -0.05) is 69.6 Å². The van der Waals surface area contributed by atoms with Gasteiger partial charge in [-0.2, -0.15) is 0 Å². The van der Waals surface area contributed by atoms with Crippen LogP contribution in [-0.2, 0) is 0 Å². The molecule has 172 valence electrons. The van der Waals surface area contributed by atoms with E-state index >= 15 is 0 Å². The summed E-state index contributed by atoms with van der Waals surface area (Å²) >= 11 is 37.7. The summed E-state index contributed by atoms with van der Waals surface area (Å²) in [6.07, 6.45) is -0.928. The number of urea groups is 2. The number of carbonyl (C=O) groups excluding carboxylic acids is 2. The SMILES string of the molecule is CN(C)C1N(c2c(Cl)cc(Cl)cc2Cl)C(=O)N(c2c(Cl)cc(Cl)cc2Cl)C(=O)N1N(C)C. The molecule has 32 heavy (non-hydrogen) atoms. The van der Waals surface area contributed by atoms with Crippen LogP contribution in [-0.4, -0.2) is 61.5 Å². The third kappa shape index (κ3) is 4.45. The number of nitrogens with zero attached hydrogens (tertiary/aromatic N) is 5. The van der Waals surface area contributed by atoms with Crippen LogP contribution in [0.5, 0.6) is 0 Å². The van der Waals surface area contributed by atoms with Gasteiger partial charge in [-0.25, -0.2) is 24.5 Å². The normalized spacial score (nSPS) is 17.2. The largest absolute Gasteiger partial charge is 0.350 e. The van der Waals surface area contributed by atoms with E-state index < -0.39 is 18.4 Å². The zero-order valence-electron chi connectivity index (χ0n) is 17.2. The van der Waals surface area contributed by atoms with E-state index in [-0.39, 0.29) is 41.5 Å². The zero-order valence-corrected chi connectivity index (χ0v) is 21.7. The Hall–Kier alpha value is -1.16. The van der Waals surface area contributed by atoms with Gasteiger partial charge in [-0.05, 0) is 38.4 Å². The van der Waals surface area contributed by atoms with Crippen LogP contribution >= 0.6 is 69.6 Å². The summed E-state index contributed by atoms with van der Waals surface area (Å²) in [4.78, 5) is 31.2. The van der Waals surface area contributed by atoms with Crippen molar-refractivity contribution < 1.29 is 9.59 Å². The molecule has 0 radical (unpaired) electrons. The quantitative estimate of drug-likeness (QED) is 0.413. The van der Waals surface area contributed by atoms with Gasteiger partial charge in [0.15, 0.2) is 6.29 Å². The number of anilines is 2. The smallest absolute Gasteiger partial charge is 0.271 e. The van der Waals surface area contributed by atoms with Crippen molar-refractivity contribution >= 4 is 93.0 Å². The molecule has 13 heteroatoms. The average molecular weight is 560 g/mol. The van der Waals surface area contributed by atoms with Crippen molar-refractivity contribution in [3.05, 3.63) is 54.4 Å². The summed E-state index contributed by atoms with van der Waals surface area (Å²) in [6.45, 7) is 0. The number of halogens is 6. The number of rotatable bonds is 4. The molecule has 4 amide bonds. The molecule has 1 fully saturated rings. The average Bonchev–Trinajstić information content (AvgIpc) is 2.63. The van der Waals surface area contributed by atoms with Gasteiger partial charge in [-0.15, -0.1) is 0 Å². The van der Waals surface area contributed by atoms with E-state index in [1.807, 2.05) is 0 Å². The van der Waals surface area contributed by atoms with Crippen molar-refractivity contribution in [1.29, 1.82) is 0 Å². The lowest BCUT2D eigenvalue weighted by Crippen LogP contribution is -2.73. The minimum Gasteiger partial charge on any atom is -0.271 e. The second-order valence-electron chi connectivity index (χ2n) is 7.21. The standard InChI is InChI=1S/C19H17Cl6N5O2/c1-26(2)17-28(15-11(22)5-9(20)6-12(15)23)18(31)29(19(32)30(17)27(3)4)16-13(24)7-10(21)8-14(16)25/h5-8,17H,1-4H3. The van der Waals surface area contributed by atoms with Crippen LogP contribution in [0.3, 0.4) is 0 Å². The van der Waals surface area contributed by atoms with Crippen LogP contribution in [0.1, 0.15) is 0 Å². The van der Waals surface area contributed by atoms with E-state index in [2.05, 4.69) is 0 Å². The third-order valence-corrected chi connectivity index (χ3v) is 6.14. The van der Waals surface area contributed by atoms with Crippen LogP contribution in [0.15, 0.2) is 24.3 Å². The molecule has 0 aliphatic carbocycles. The number of hydrogen-bond donors (Lipinski definition) is 0. The number of hydrazine groups is 1. The molecule has 1 atom stereocenters. The van der Waals surface area contributed by atoms with Crippen LogP contribution in [0.4, 0.5) is 21.0 Å². The van der Waals surface area contributed by atoms with E-state index in [0.29, 0.717) is 0 Å². The summed E-state index contributed by atoms with van der Waals surface area (Å²) in [5.41, 5.74) is 0.134. The van der Waals surface area contributed by atoms with Crippen molar-refractivity contribution in [2.75, 3.05) is 38.0 Å². The fourth-order valence-corrected chi connectivity index (χ4v) is 5.33. The van der Waals surface area contributed by atoms with Gasteiger partial charge in [0.1, 0.15) is 0 Å². The van der Waals surface area contributed by atoms with Crippen molar-refractivity contribution in [1.82, 2.24) is 14.9 Å². The second kappa shape index (κ2) is 9.60. The summed E-state index contributed by atoms with van der Waals surface area (Å²) in [5.74, 6) is 0. The highest BCUT2D eigenvalue weighted by Gasteiger charge is 2.50. The molecule has 0 N–H and O–H groups in total. The van der Waals surface area contributed by atoms with Crippen LogP contribution in [0, 0.1) is 0 Å². The molecule has 0 spiro atoms. The highest BCUT2D eigenvalue weighted by molar-refractivity contribution is 6.45. The molecule has 1 heterocycles. The highest BCUT2D eigenvalue weighted by Crippen LogP contribution is 2.44. The first kappa shape index (κ1) is 25.5. The Labute approximate surface area is 215 Å². The first-order valence-corrected chi connectivity index (χ1v) is 11.2. The lowest BCUT2D eigenvalue weighted by Gasteiger charge is -2.51. The van der Waals surface area contributed by atoms with E-state index in [4.69, 9.17) is 69.6 Å².